The molecule has 0 bridgehead atoms. The van der Waals surface area contributed by atoms with Crippen molar-refractivity contribution < 1.29 is 9.84 Å². The van der Waals surface area contributed by atoms with Gasteiger partial charge in [0, 0.05) is 13.1 Å². The highest BCUT2D eigenvalue weighted by Gasteiger charge is 2.31. The van der Waals surface area contributed by atoms with E-state index in [1.807, 2.05) is 31.2 Å². The molecule has 1 unspecified atom stereocenters. The van der Waals surface area contributed by atoms with Gasteiger partial charge in [0.25, 0.3) is 0 Å². The Labute approximate surface area is 155 Å². The molecule has 2 aromatic rings. The zero-order chi connectivity index (χ0) is 17.7. The molecule has 1 aliphatic rings. The van der Waals surface area contributed by atoms with Gasteiger partial charge in [-0.2, -0.15) is 0 Å². The summed E-state index contributed by atoms with van der Waals surface area (Å²) >= 11 is 6.19. The molecule has 4 heteroatoms. The van der Waals surface area contributed by atoms with Crippen molar-refractivity contribution in [3.05, 3.63) is 64.7 Å². The van der Waals surface area contributed by atoms with Crippen LogP contribution in [0.4, 0.5) is 0 Å². The molecule has 134 valence electrons. The standard InChI is InChI=1S/C21H26ClNO2/c1-17-8-9-19(22)20(14-17)25-16-21(24)10-5-12-23(13-11-21)15-18-6-3-2-4-7-18/h2-4,6-9,14,24H,5,10-13,15-16H2,1H3. The average molecular weight is 360 g/mol. The molecule has 0 saturated carbocycles. The zero-order valence-electron chi connectivity index (χ0n) is 14.7. The summed E-state index contributed by atoms with van der Waals surface area (Å²) in [5, 5.41) is 11.6. The molecule has 3 nitrogen and oxygen atoms in total. The third-order valence-corrected chi connectivity index (χ3v) is 5.15. The smallest absolute Gasteiger partial charge is 0.138 e. The lowest BCUT2D eigenvalue weighted by Gasteiger charge is -2.27. The van der Waals surface area contributed by atoms with Crippen LogP contribution < -0.4 is 4.74 Å². The van der Waals surface area contributed by atoms with Gasteiger partial charge in [0.2, 0.25) is 0 Å². The Kier molecular flexibility index (Phi) is 6.00. The van der Waals surface area contributed by atoms with Crippen LogP contribution in [0.25, 0.3) is 0 Å². The summed E-state index contributed by atoms with van der Waals surface area (Å²) in [5.41, 5.74) is 1.62. The maximum Gasteiger partial charge on any atom is 0.138 e. The molecule has 0 spiro atoms. The third kappa shape index (κ3) is 5.21. The second-order valence-corrected chi connectivity index (χ2v) is 7.47. The van der Waals surface area contributed by atoms with Gasteiger partial charge in [0.15, 0.2) is 0 Å². The van der Waals surface area contributed by atoms with E-state index in [1.54, 1.807) is 0 Å². The van der Waals surface area contributed by atoms with E-state index < -0.39 is 5.60 Å². The molecule has 1 N–H and O–H groups in total. The van der Waals surface area contributed by atoms with Crippen LogP contribution in [0.15, 0.2) is 48.5 Å². The summed E-state index contributed by atoms with van der Waals surface area (Å²) in [6, 6.07) is 16.2. The molecule has 0 radical (unpaired) electrons. The van der Waals surface area contributed by atoms with Crippen molar-refractivity contribution in [2.24, 2.45) is 0 Å². The van der Waals surface area contributed by atoms with Crippen molar-refractivity contribution in [3.8, 4) is 5.75 Å². The number of aliphatic hydroxyl groups is 1. The quantitative estimate of drug-likeness (QED) is 0.856. The van der Waals surface area contributed by atoms with E-state index >= 15 is 0 Å². The summed E-state index contributed by atoms with van der Waals surface area (Å²) in [4.78, 5) is 2.41. The number of halogens is 1. The number of hydrogen-bond acceptors (Lipinski definition) is 3. The first-order chi connectivity index (χ1) is 12.0. The fourth-order valence-electron chi connectivity index (χ4n) is 3.31. The largest absolute Gasteiger partial charge is 0.489 e. The van der Waals surface area contributed by atoms with Crippen LogP contribution in [0.5, 0.6) is 5.75 Å². The van der Waals surface area contributed by atoms with E-state index in [-0.39, 0.29) is 6.61 Å². The molecular weight excluding hydrogens is 334 g/mol. The highest BCUT2D eigenvalue weighted by Crippen LogP contribution is 2.29. The van der Waals surface area contributed by atoms with Crippen molar-refractivity contribution in [2.75, 3.05) is 19.7 Å². The van der Waals surface area contributed by atoms with Crippen molar-refractivity contribution in [1.29, 1.82) is 0 Å². The Morgan fingerprint density at radius 3 is 2.72 bits per heavy atom. The fraction of sp³-hybridized carbons (Fsp3) is 0.429. The Morgan fingerprint density at radius 2 is 1.92 bits per heavy atom. The number of benzene rings is 2. The maximum atomic E-state index is 11.0. The van der Waals surface area contributed by atoms with Gasteiger partial charge in [-0.3, -0.25) is 4.90 Å². The first-order valence-corrected chi connectivity index (χ1v) is 9.29. The predicted octanol–water partition coefficient (Wildman–Crippen LogP) is 4.44. The van der Waals surface area contributed by atoms with E-state index in [9.17, 15) is 5.11 Å². The van der Waals surface area contributed by atoms with Crippen LogP contribution in [-0.4, -0.2) is 35.3 Å². The lowest BCUT2D eigenvalue weighted by atomic mass is 9.96. The highest BCUT2D eigenvalue weighted by molar-refractivity contribution is 6.32. The summed E-state index contributed by atoms with van der Waals surface area (Å²) in [6.45, 7) is 5.10. The monoisotopic (exact) mass is 359 g/mol. The summed E-state index contributed by atoms with van der Waals surface area (Å²) in [6.07, 6.45) is 2.43. The van der Waals surface area contributed by atoms with Gasteiger partial charge in [-0.15, -0.1) is 0 Å². The van der Waals surface area contributed by atoms with Gasteiger partial charge in [-0.05, 0) is 56.0 Å². The zero-order valence-corrected chi connectivity index (χ0v) is 15.5. The Balaban J connectivity index is 1.56. The van der Waals surface area contributed by atoms with Crippen molar-refractivity contribution in [1.82, 2.24) is 4.90 Å². The van der Waals surface area contributed by atoms with Crippen molar-refractivity contribution >= 4 is 11.6 Å². The molecule has 1 aliphatic heterocycles. The van der Waals surface area contributed by atoms with Crippen LogP contribution in [0, 0.1) is 6.92 Å². The first kappa shape index (κ1) is 18.2. The molecule has 3 rings (SSSR count). The second kappa shape index (κ2) is 8.22. The molecule has 1 atom stereocenters. The van der Waals surface area contributed by atoms with Crippen molar-refractivity contribution in [2.45, 2.75) is 38.3 Å². The van der Waals surface area contributed by atoms with Crippen LogP contribution in [0.3, 0.4) is 0 Å². The van der Waals surface area contributed by atoms with E-state index in [0.29, 0.717) is 17.2 Å². The molecule has 1 heterocycles. The van der Waals surface area contributed by atoms with Crippen LogP contribution in [0.1, 0.15) is 30.4 Å². The van der Waals surface area contributed by atoms with Crippen LogP contribution >= 0.6 is 11.6 Å². The fourth-order valence-corrected chi connectivity index (χ4v) is 3.48. The molecule has 2 aromatic carbocycles. The number of hydrogen-bond donors (Lipinski definition) is 1. The minimum absolute atomic E-state index is 0.287. The Bertz CT molecular complexity index is 692. The van der Waals surface area contributed by atoms with Gasteiger partial charge >= 0.3 is 0 Å². The van der Waals surface area contributed by atoms with Crippen LogP contribution in [0.2, 0.25) is 5.02 Å². The third-order valence-electron chi connectivity index (χ3n) is 4.84. The molecule has 0 amide bonds. The average Bonchev–Trinajstić information content (AvgIpc) is 2.79. The van der Waals surface area contributed by atoms with E-state index in [0.717, 1.165) is 38.0 Å². The topological polar surface area (TPSA) is 32.7 Å². The molecule has 25 heavy (non-hydrogen) atoms. The van der Waals surface area contributed by atoms with Gasteiger partial charge < -0.3 is 9.84 Å². The Hall–Kier alpha value is -1.55. The number of rotatable bonds is 5. The molecule has 0 aromatic heterocycles. The van der Waals surface area contributed by atoms with Crippen molar-refractivity contribution in [3.63, 3.8) is 0 Å². The SMILES string of the molecule is Cc1ccc(Cl)c(OCC2(O)CCCN(Cc3ccccc3)CC2)c1. The molecule has 1 saturated heterocycles. The number of ether oxygens (including phenoxy) is 1. The van der Waals surface area contributed by atoms with Gasteiger partial charge in [-0.25, -0.2) is 0 Å². The lowest BCUT2D eigenvalue weighted by Crippen LogP contribution is -2.37. The first-order valence-electron chi connectivity index (χ1n) is 8.92. The summed E-state index contributed by atoms with van der Waals surface area (Å²) in [7, 11) is 0. The van der Waals surface area contributed by atoms with Gasteiger partial charge in [0.1, 0.15) is 12.4 Å². The maximum absolute atomic E-state index is 11.0. The van der Waals surface area contributed by atoms with E-state index in [2.05, 4.69) is 29.2 Å². The van der Waals surface area contributed by atoms with Crippen LogP contribution in [-0.2, 0) is 6.54 Å². The number of aryl methyl sites for hydroxylation is 1. The van der Waals surface area contributed by atoms with Gasteiger partial charge in [0.05, 0.1) is 10.6 Å². The van der Waals surface area contributed by atoms with Gasteiger partial charge in [-0.1, -0.05) is 48.0 Å². The minimum atomic E-state index is -0.793. The minimum Gasteiger partial charge on any atom is -0.489 e. The molecule has 0 aliphatic carbocycles. The highest BCUT2D eigenvalue weighted by atomic mass is 35.5. The summed E-state index contributed by atoms with van der Waals surface area (Å²) in [5.74, 6) is 0.653. The predicted molar refractivity (Wildman–Crippen MR) is 102 cm³/mol. The number of nitrogens with zero attached hydrogens (tertiary/aromatic N) is 1. The molecule has 1 fully saturated rings. The van der Waals surface area contributed by atoms with E-state index in [1.165, 1.54) is 5.56 Å². The second-order valence-electron chi connectivity index (χ2n) is 7.06. The number of likely N-dealkylation sites (tertiary alicyclic amines) is 1. The lowest BCUT2D eigenvalue weighted by molar-refractivity contribution is -0.0168. The summed E-state index contributed by atoms with van der Waals surface area (Å²) < 4.78 is 5.87. The Morgan fingerprint density at radius 1 is 1.12 bits per heavy atom. The normalized spacial score (nSPS) is 21.7. The molecular formula is C21H26ClNO2. The van der Waals surface area contributed by atoms with E-state index in [4.69, 9.17) is 16.3 Å².